The van der Waals surface area contributed by atoms with Gasteiger partial charge in [-0.3, -0.25) is 4.79 Å². The maximum absolute atomic E-state index is 13.0. The molecule has 5 heteroatoms. The number of ether oxygens (including phenoxy) is 2. The van der Waals surface area contributed by atoms with Crippen molar-refractivity contribution in [3.8, 4) is 11.5 Å². The van der Waals surface area contributed by atoms with Crippen LogP contribution in [0.2, 0.25) is 0 Å². The summed E-state index contributed by atoms with van der Waals surface area (Å²) in [5, 5.41) is 3.18. The highest BCUT2D eigenvalue weighted by molar-refractivity contribution is 5.95. The highest BCUT2D eigenvalue weighted by Crippen LogP contribution is 2.32. The smallest absolute Gasteiger partial charge is 0.282 e. The van der Waals surface area contributed by atoms with Crippen LogP contribution in [0.1, 0.15) is 48.6 Å². The molecular formula is C25H35N2O3+. The second-order valence-electron chi connectivity index (χ2n) is 8.25. The lowest BCUT2D eigenvalue weighted by Gasteiger charge is -2.31. The Kier molecular flexibility index (Phi) is 7.03. The molecule has 5 nitrogen and oxygen atoms in total. The van der Waals surface area contributed by atoms with E-state index < -0.39 is 0 Å². The van der Waals surface area contributed by atoms with E-state index in [-0.39, 0.29) is 11.9 Å². The third kappa shape index (κ3) is 4.78. The first-order valence-electron chi connectivity index (χ1n) is 11.0. The number of carbonyl (C=O) groups is 1. The van der Waals surface area contributed by atoms with Crippen molar-refractivity contribution in [3.63, 3.8) is 0 Å². The zero-order valence-corrected chi connectivity index (χ0v) is 19.1. The molecule has 30 heavy (non-hydrogen) atoms. The van der Waals surface area contributed by atoms with Gasteiger partial charge in [-0.2, -0.15) is 0 Å². The van der Waals surface area contributed by atoms with Crippen molar-refractivity contribution in [1.82, 2.24) is 0 Å². The van der Waals surface area contributed by atoms with Gasteiger partial charge in [0.2, 0.25) is 0 Å². The Bertz CT molecular complexity index is 900. The number of carbonyl (C=O) groups excluding carboxylic acids is 1. The van der Waals surface area contributed by atoms with Crippen LogP contribution >= 0.6 is 0 Å². The third-order valence-electron chi connectivity index (χ3n) is 5.93. The Morgan fingerprint density at radius 2 is 1.57 bits per heavy atom. The van der Waals surface area contributed by atoms with Crippen molar-refractivity contribution < 1.29 is 19.2 Å². The average Bonchev–Trinajstić information content (AvgIpc) is 2.70. The first-order valence-corrected chi connectivity index (χ1v) is 11.0. The van der Waals surface area contributed by atoms with E-state index in [0.717, 1.165) is 47.8 Å². The van der Waals surface area contributed by atoms with Gasteiger partial charge in [-0.05, 0) is 70.4 Å². The summed E-state index contributed by atoms with van der Waals surface area (Å²) in [4.78, 5) is 14.3. The first-order chi connectivity index (χ1) is 14.3. The summed E-state index contributed by atoms with van der Waals surface area (Å²) in [6.45, 7) is 15.1. The summed E-state index contributed by atoms with van der Waals surface area (Å²) < 4.78 is 11.6. The maximum Gasteiger partial charge on any atom is 0.282 e. The molecule has 0 radical (unpaired) electrons. The summed E-state index contributed by atoms with van der Waals surface area (Å²) in [7, 11) is 0. The Morgan fingerprint density at radius 3 is 2.13 bits per heavy atom. The van der Waals surface area contributed by atoms with Gasteiger partial charge >= 0.3 is 0 Å². The van der Waals surface area contributed by atoms with Crippen LogP contribution in [0.15, 0.2) is 24.3 Å². The minimum atomic E-state index is -0.139. The molecule has 0 bridgehead atoms. The van der Waals surface area contributed by atoms with E-state index in [2.05, 4.69) is 50.4 Å². The molecule has 0 saturated heterocycles. The molecule has 2 N–H and O–H groups in total. The molecule has 1 heterocycles. The molecule has 0 spiro atoms. The first kappa shape index (κ1) is 22.2. The molecule has 162 valence electrons. The van der Waals surface area contributed by atoms with Crippen LogP contribution in [0.25, 0.3) is 0 Å². The van der Waals surface area contributed by atoms with Crippen molar-refractivity contribution in [2.45, 2.75) is 60.5 Å². The van der Waals surface area contributed by atoms with Crippen LogP contribution < -0.4 is 19.7 Å². The number of quaternary nitrogens is 1. The molecule has 1 amide bonds. The lowest BCUT2D eigenvalue weighted by atomic mass is 9.97. The van der Waals surface area contributed by atoms with Crippen LogP contribution in [0, 0.1) is 20.8 Å². The number of benzene rings is 2. The molecule has 0 aliphatic carbocycles. The largest absolute Gasteiger partial charge is 0.490 e. The SMILES string of the molecule is CCOc1cc2c(cc1OCC)C[NH+]([C@@H](C)C(=O)Nc1c(C)cc(C)cc1C)CC2. The Hall–Kier alpha value is -2.53. The zero-order valence-electron chi connectivity index (χ0n) is 19.1. The van der Waals surface area contributed by atoms with Crippen LogP contribution in [0.5, 0.6) is 11.5 Å². The number of hydrogen-bond donors (Lipinski definition) is 2. The van der Waals surface area contributed by atoms with E-state index in [4.69, 9.17) is 9.47 Å². The molecule has 1 aliphatic rings. The van der Waals surface area contributed by atoms with Crippen LogP contribution in [0.4, 0.5) is 5.69 Å². The van der Waals surface area contributed by atoms with Gasteiger partial charge in [-0.25, -0.2) is 0 Å². The number of amides is 1. The van der Waals surface area contributed by atoms with E-state index in [9.17, 15) is 4.79 Å². The average molecular weight is 412 g/mol. The predicted octanol–water partition coefficient (Wildman–Crippen LogP) is 3.38. The van der Waals surface area contributed by atoms with Gasteiger partial charge in [0.05, 0.1) is 19.8 Å². The Labute approximate surface area is 180 Å². The van der Waals surface area contributed by atoms with Crippen LogP contribution in [-0.4, -0.2) is 31.7 Å². The van der Waals surface area contributed by atoms with Gasteiger partial charge in [0.15, 0.2) is 17.5 Å². The van der Waals surface area contributed by atoms with Gasteiger partial charge in [-0.1, -0.05) is 17.7 Å². The molecule has 0 fully saturated rings. The van der Waals surface area contributed by atoms with E-state index in [0.29, 0.717) is 13.2 Å². The minimum absolute atomic E-state index is 0.0690. The fourth-order valence-corrected chi connectivity index (χ4v) is 4.37. The number of rotatable bonds is 7. The summed E-state index contributed by atoms with van der Waals surface area (Å²) in [5.41, 5.74) is 6.91. The van der Waals surface area contributed by atoms with Crippen molar-refractivity contribution in [3.05, 3.63) is 52.1 Å². The van der Waals surface area contributed by atoms with E-state index >= 15 is 0 Å². The Morgan fingerprint density at radius 1 is 1.00 bits per heavy atom. The van der Waals surface area contributed by atoms with Crippen LogP contribution in [0.3, 0.4) is 0 Å². The summed E-state index contributed by atoms with van der Waals surface area (Å²) in [6, 6.07) is 8.30. The molecule has 2 atom stereocenters. The molecule has 0 saturated carbocycles. The molecule has 2 aromatic carbocycles. The molecular weight excluding hydrogens is 376 g/mol. The number of hydrogen-bond acceptors (Lipinski definition) is 3. The van der Waals surface area contributed by atoms with Crippen LogP contribution in [-0.2, 0) is 17.8 Å². The van der Waals surface area contributed by atoms with Crippen molar-refractivity contribution >= 4 is 11.6 Å². The molecule has 1 unspecified atom stereocenters. The quantitative estimate of drug-likeness (QED) is 0.734. The lowest BCUT2D eigenvalue weighted by molar-refractivity contribution is -0.929. The zero-order chi connectivity index (χ0) is 21.8. The number of aryl methyl sites for hydroxylation is 3. The van der Waals surface area contributed by atoms with Gasteiger partial charge in [0.25, 0.3) is 5.91 Å². The number of anilines is 1. The Balaban J connectivity index is 1.75. The minimum Gasteiger partial charge on any atom is -0.490 e. The fourth-order valence-electron chi connectivity index (χ4n) is 4.37. The second-order valence-corrected chi connectivity index (χ2v) is 8.25. The monoisotopic (exact) mass is 411 g/mol. The van der Waals surface area contributed by atoms with Crippen molar-refractivity contribution in [2.75, 3.05) is 25.1 Å². The molecule has 1 aliphatic heterocycles. The molecule has 3 rings (SSSR count). The summed E-state index contributed by atoms with van der Waals surface area (Å²) >= 11 is 0. The number of fused-ring (bicyclic) bond motifs is 1. The third-order valence-corrected chi connectivity index (χ3v) is 5.93. The summed E-state index contributed by atoms with van der Waals surface area (Å²) in [5.74, 6) is 1.68. The number of nitrogens with one attached hydrogen (secondary N) is 2. The maximum atomic E-state index is 13.0. The van der Waals surface area contributed by atoms with E-state index in [1.807, 2.05) is 20.8 Å². The van der Waals surface area contributed by atoms with Gasteiger partial charge < -0.3 is 19.7 Å². The standard InChI is InChI=1S/C25H34N2O3/c1-7-29-22-13-20-9-10-27(15-21(20)14-23(22)30-8-2)19(6)25(28)26-24-17(4)11-16(3)12-18(24)5/h11-14,19H,7-10,15H2,1-6H3,(H,26,28)/p+1/t19-/m0/s1. The predicted molar refractivity (Wildman–Crippen MR) is 121 cm³/mol. The van der Waals surface area contributed by atoms with Crippen molar-refractivity contribution in [2.24, 2.45) is 0 Å². The van der Waals surface area contributed by atoms with Gasteiger partial charge in [0, 0.05) is 17.7 Å². The van der Waals surface area contributed by atoms with Crippen molar-refractivity contribution in [1.29, 1.82) is 0 Å². The second kappa shape index (κ2) is 9.52. The fraction of sp³-hybridized carbons (Fsp3) is 0.480. The highest BCUT2D eigenvalue weighted by Gasteiger charge is 2.30. The van der Waals surface area contributed by atoms with Gasteiger partial charge in [-0.15, -0.1) is 0 Å². The van der Waals surface area contributed by atoms with E-state index in [1.165, 1.54) is 21.6 Å². The topological polar surface area (TPSA) is 52.0 Å². The molecule has 0 aromatic heterocycles. The normalized spacial score (nSPS) is 16.5. The molecule has 2 aromatic rings. The lowest BCUT2D eigenvalue weighted by Crippen LogP contribution is -3.16. The highest BCUT2D eigenvalue weighted by atomic mass is 16.5. The van der Waals surface area contributed by atoms with Gasteiger partial charge in [0.1, 0.15) is 6.54 Å². The summed E-state index contributed by atoms with van der Waals surface area (Å²) in [6.07, 6.45) is 0.928. The van der Waals surface area contributed by atoms with E-state index in [1.54, 1.807) is 0 Å².